The molecule has 2 aliphatic carbocycles. The maximum atomic E-state index is 5.53. The molecule has 0 saturated heterocycles. The molecule has 2 aliphatic rings. The largest absolute Gasteiger partial charge is 0.253 e. The summed E-state index contributed by atoms with van der Waals surface area (Å²) in [7, 11) is 0. The van der Waals surface area contributed by atoms with E-state index in [-0.39, 0.29) is 0 Å². The Kier molecular flexibility index (Phi) is 8.57. The molecule has 1 aromatic carbocycles. The number of para-hydroxylation sites is 1. The predicted octanol–water partition coefficient (Wildman–Crippen LogP) is 9.40. The van der Waals surface area contributed by atoms with Crippen molar-refractivity contribution in [3.63, 3.8) is 0 Å². The molecule has 0 aromatic heterocycles. The first kappa shape index (κ1) is 22.3. The van der Waals surface area contributed by atoms with Crippen LogP contribution in [-0.4, -0.2) is 5.71 Å². The number of hydrogen-bond donors (Lipinski definition) is 0. The molecule has 0 N–H and O–H groups in total. The SMILES string of the molecule is CC(C)c1cccc(C(C)C)c1N=C1CCCCCCC1=C1CCCCCCC1. The molecule has 0 amide bonds. The van der Waals surface area contributed by atoms with Gasteiger partial charge in [-0.3, -0.25) is 4.99 Å². The molecular formula is C28H43N. The van der Waals surface area contributed by atoms with E-state index in [9.17, 15) is 0 Å². The lowest BCUT2D eigenvalue weighted by molar-refractivity contribution is 0.561. The summed E-state index contributed by atoms with van der Waals surface area (Å²) in [5, 5.41) is 0. The average Bonchev–Trinajstić information content (AvgIpc) is 2.64. The third kappa shape index (κ3) is 6.06. The van der Waals surface area contributed by atoms with Gasteiger partial charge < -0.3 is 0 Å². The van der Waals surface area contributed by atoms with Crippen molar-refractivity contribution in [3.05, 3.63) is 40.5 Å². The third-order valence-corrected chi connectivity index (χ3v) is 6.91. The summed E-state index contributed by atoms with van der Waals surface area (Å²) in [5.41, 5.74) is 9.01. The van der Waals surface area contributed by atoms with E-state index in [4.69, 9.17) is 4.99 Å². The van der Waals surface area contributed by atoms with E-state index in [1.165, 1.54) is 106 Å². The van der Waals surface area contributed by atoms with Crippen LogP contribution in [0.4, 0.5) is 5.69 Å². The number of benzene rings is 1. The number of nitrogens with zero attached hydrogens (tertiary/aromatic N) is 1. The highest BCUT2D eigenvalue weighted by Gasteiger charge is 2.19. The van der Waals surface area contributed by atoms with Gasteiger partial charge in [0.25, 0.3) is 0 Å². The van der Waals surface area contributed by atoms with Crippen molar-refractivity contribution in [2.75, 3.05) is 0 Å². The molecule has 1 aromatic rings. The Bertz CT molecular complexity index is 684. The minimum atomic E-state index is 0.513. The Labute approximate surface area is 180 Å². The first-order valence-corrected chi connectivity index (χ1v) is 12.5. The van der Waals surface area contributed by atoms with Crippen LogP contribution >= 0.6 is 0 Å². The molecule has 29 heavy (non-hydrogen) atoms. The van der Waals surface area contributed by atoms with Crippen LogP contribution in [0.15, 0.2) is 34.3 Å². The molecule has 2 fully saturated rings. The molecular weight excluding hydrogens is 350 g/mol. The molecule has 0 spiro atoms. The minimum absolute atomic E-state index is 0.513. The van der Waals surface area contributed by atoms with Gasteiger partial charge in [0.1, 0.15) is 0 Å². The van der Waals surface area contributed by atoms with E-state index in [0.29, 0.717) is 11.8 Å². The van der Waals surface area contributed by atoms with Crippen LogP contribution in [0, 0.1) is 0 Å². The van der Waals surface area contributed by atoms with Crippen molar-refractivity contribution in [1.82, 2.24) is 0 Å². The van der Waals surface area contributed by atoms with E-state index < -0.39 is 0 Å². The van der Waals surface area contributed by atoms with Gasteiger partial charge in [-0.15, -0.1) is 0 Å². The van der Waals surface area contributed by atoms with Crippen molar-refractivity contribution < 1.29 is 0 Å². The van der Waals surface area contributed by atoms with Crippen LogP contribution in [0.5, 0.6) is 0 Å². The summed E-state index contributed by atoms with van der Waals surface area (Å²) < 4.78 is 0. The minimum Gasteiger partial charge on any atom is -0.253 e. The molecule has 0 radical (unpaired) electrons. The first-order valence-electron chi connectivity index (χ1n) is 12.5. The quantitative estimate of drug-likeness (QED) is 0.485. The molecule has 2 saturated carbocycles. The standard InChI is InChI=1S/C28H43N/c1-21(2)24-18-14-19-25(22(3)4)28(24)29-27-20-13-9-8-12-17-26(27)23-15-10-6-5-7-11-16-23/h14,18-19,21-22H,5-13,15-17,20H2,1-4H3. The van der Waals surface area contributed by atoms with E-state index in [1.54, 1.807) is 11.1 Å². The molecule has 0 bridgehead atoms. The summed E-state index contributed by atoms with van der Waals surface area (Å²) >= 11 is 0. The maximum absolute atomic E-state index is 5.53. The fourth-order valence-corrected chi connectivity index (χ4v) is 5.16. The van der Waals surface area contributed by atoms with Crippen molar-refractivity contribution in [2.24, 2.45) is 4.99 Å². The van der Waals surface area contributed by atoms with E-state index >= 15 is 0 Å². The summed E-state index contributed by atoms with van der Waals surface area (Å²) in [6.45, 7) is 9.26. The van der Waals surface area contributed by atoms with Gasteiger partial charge in [0.2, 0.25) is 0 Å². The molecule has 3 rings (SSSR count). The Morgan fingerprint density at radius 3 is 1.66 bits per heavy atom. The lowest BCUT2D eigenvalue weighted by Gasteiger charge is -2.23. The average molecular weight is 394 g/mol. The summed E-state index contributed by atoms with van der Waals surface area (Å²) in [5.74, 6) is 1.03. The van der Waals surface area contributed by atoms with Gasteiger partial charge in [-0.05, 0) is 79.9 Å². The Morgan fingerprint density at radius 1 is 0.621 bits per heavy atom. The highest BCUT2D eigenvalue weighted by atomic mass is 14.8. The number of hydrogen-bond acceptors (Lipinski definition) is 1. The van der Waals surface area contributed by atoms with E-state index in [2.05, 4.69) is 45.9 Å². The Balaban J connectivity index is 2.10. The second kappa shape index (κ2) is 11.1. The molecule has 0 heterocycles. The first-order chi connectivity index (χ1) is 14.1. The Morgan fingerprint density at radius 2 is 1.10 bits per heavy atom. The molecule has 0 aliphatic heterocycles. The summed E-state index contributed by atoms with van der Waals surface area (Å²) in [6, 6.07) is 6.85. The topological polar surface area (TPSA) is 12.4 Å². The number of aliphatic imine (C=N–C) groups is 1. The Hall–Kier alpha value is -1.37. The highest BCUT2D eigenvalue weighted by Crippen LogP contribution is 2.37. The van der Waals surface area contributed by atoms with Crippen LogP contribution in [0.25, 0.3) is 0 Å². The van der Waals surface area contributed by atoms with Crippen molar-refractivity contribution in [1.29, 1.82) is 0 Å². The monoisotopic (exact) mass is 393 g/mol. The van der Waals surface area contributed by atoms with Gasteiger partial charge in [-0.25, -0.2) is 0 Å². The van der Waals surface area contributed by atoms with Gasteiger partial charge >= 0.3 is 0 Å². The zero-order chi connectivity index (χ0) is 20.6. The summed E-state index contributed by atoms with van der Waals surface area (Å²) in [4.78, 5) is 5.53. The van der Waals surface area contributed by atoms with Crippen molar-refractivity contribution in [3.8, 4) is 0 Å². The maximum Gasteiger partial charge on any atom is 0.0702 e. The molecule has 1 nitrogen and oxygen atoms in total. The van der Waals surface area contributed by atoms with Gasteiger partial charge in [0, 0.05) is 5.71 Å². The van der Waals surface area contributed by atoms with Crippen LogP contribution in [-0.2, 0) is 0 Å². The molecule has 1 heteroatoms. The lowest BCUT2D eigenvalue weighted by Crippen LogP contribution is -2.11. The molecule has 0 unspecified atom stereocenters. The van der Waals surface area contributed by atoms with Crippen LogP contribution in [0.1, 0.15) is 134 Å². The number of rotatable bonds is 3. The fourth-order valence-electron chi connectivity index (χ4n) is 5.16. The second-order valence-corrected chi connectivity index (χ2v) is 9.92. The van der Waals surface area contributed by atoms with Gasteiger partial charge in [0.05, 0.1) is 5.69 Å². The zero-order valence-corrected chi connectivity index (χ0v) is 19.5. The predicted molar refractivity (Wildman–Crippen MR) is 129 cm³/mol. The van der Waals surface area contributed by atoms with Crippen LogP contribution in [0.2, 0.25) is 0 Å². The lowest BCUT2D eigenvalue weighted by atomic mass is 9.85. The number of allylic oxidation sites excluding steroid dienone is 2. The smallest absolute Gasteiger partial charge is 0.0702 e. The van der Waals surface area contributed by atoms with E-state index in [1.807, 2.05) is 0 Å². The zero-order valence-electron chi connectivity index (χ0n) is 19.5. The van der Waals surface area contributed by atoms with Gasteiger partial charge in [-0.2, -0.15) is 0 Å². The highest BCUT2D eigenvalue weighted by molar-refractivity contribution is 6.02. The van der Waals surface area contributed by atoms with E-state index in [0.717, 1.165) is 0 Å². The summed E-state index contributed by atoms with van der Waals surface area (Å²) in [6.07, 6.45) is 17.5. The van der Waals surface area contributed by atoms with Gasteiger partial charge in [0.15, 0.2) is 0 Å². The van der Waals surface area contributed by atoms with Gasteiger partial charge in [-0.1, -0.05) is 83.6 Å². The fraction of sp³-hybridized carbons (Fsp3) is 0.679. The third-order valence-electron chi connectivity index (χ3n) is 6.91. The molecule has 0 atom stereocenters. The van der Waals surface area contributed by atoms with Crippen molar-refractivity contribution >= 4 is 11.4 Å². The van der Waals surface area contributed by atoms with Crippen molar-refractivity contribution in [2.45, 2.75) is 123 Å². The normalized spacial score (nSPS) is 21.2. The van der Waals surface area contributed by atoms with Crippen LogP contribution < -0.4 is 0 Å². The van der Waals surface area contributed by atoms with Crippen LogP contribution in [0.3, 0.4) is 0 Å². The molecule has 160 valence electrons. The second-order valence-electron chi connectivity index (χ2n) is 9.92.